The number of aromatic nitrogens is 3. The van der Waals surface area contributed by atoms with Gasteiger partial charge in [0.15, 0.2) is 5.69 Å². The second-order valence-corrected chi connectivity index (χ2v) is 5.07. The molecule has 2 aromatic heterocycles. The van der Waals surface area contributed by atoms with Crippen molar-refractivity contribution in [2.75, 3.05) is 0 Å². The van der Waals surface area contributed by atoms with Crippen molar-refractivity contribution in [3.8, 4) is 0 Å². The average molecular weight is 280 g/mol. The van der Waals surface area contributed by atoms with Crippen LogP contribution in [-0.2, 0) is 0 Å². The van der Waals surface area contributed by atoms with Gasteiger partial charge in [0.25, 0.3) is 5.91 Å². The molecule has 0 saturated heterocycles. The second-order valence-electron chi connectivity index (χ2n) is 5.07. The number of H-pyrrole nitrogens is 1. The van der Waals surface area contributed by atoms with Gasteiger partial charge in [-0.3, -0.25) is 14.9 Å². The van der Waals surface area contributed by atoms with Gasteiger partial charge in [-0.05, 0) is 38.1 Å². The number of carbonyl (C=O) groups excluding carboxylic acids is 1. The molecule has 5 heteroatoms. The molecule has 3 aromatic rings. The summed E-state index contributed by atoms with van der Waals surface area (Å²) in [5.74, 6) is -0.204. The van der Waals surface area contributed by atoms with Crippen LogP contribution in [0.4, 0.5) is 0 Å². The van der Waals surface area contributed by atoms with Crippen LogP contribution < -0.4 is 5.32 Å². The van der Waals surface area contributed by atoms with Crippen LogP contribution in [-0.4, -0.2) is 21.1 Å². The fourth-order valence-corrected chi connectivity index (χ4v) is 2.27. The Kier molecular flexibility index (Phi) is 3.39. The van der Waals surface area contributed by atoms with Gasteiger partial charge in [0.1, 0.15) is 0 Å². The summed E-state index contributed by atoms with van der Waals surface area (Å²) in [5, 5.41) is 10.8. The van der Waals surface area contributed by atoms with Gasteiger partial charge in [-0.25, -0.2) is 0 Å². The normalized spacial score (nSPS) is 12.3. The predicted octanol–water partition coefficient (Wildman–Crippen LogP) is 2.76. The maximum atomic E-state index is 12.4. The van der Waals surface area contributed by atoms with E-state index in [1.165, 1.54) is 0 Å². The van der Waals surface area contributed by atoms with Crippen molar-refractivity contribution < 1.29 is 4.79 Å². The zero-order valence-corrected chi connectivity index (χ0v) is 11.9. The fraction of sp³-hybridized carbons (Fsp3) is 0.188. The van der Waals surface area contributed by atoms with Gasteiger partial charge in [-0.1, -0.05) is 17.7 Å². The van der Waals surface area contributed by atoms with E-state index in [0.29, 0.717) is 5.69 Å². The highest BCUT2D eigenvalue weighted by molar-refractivity contribution is 6.04. The highest BCUT2D eigenvalue weighted by atomic mass is 16.2. The molecule has 0 aliphatic heterocycles. The highest BCUT2D eigenvalue weighted by Gasteiger charge is 2.17. The molecule has 5 nitrogen and oxygen atoms in total. The van der Waals surface area contributed by atoms with E-state index in [1.54, 1.807) is 6.20 Å². The molecule has 2 N–H and O–H groups in total. The number of aromatic amines is 1. The molecule has 0 fully saturated rings. The van der Waals surface area contributed by atoms with Crippen molar-refractivity contribution in [3.05, 3.63) is 59.5 Å². The molecule has 0 aliphatic carbocycles. The number of hydrogen-bond acceptors (Lipinski definition) is 3. The quantitative estimate of drug-likeness (QED) is 0.775. The monoisotopic (exact) mass is 280 g/mol. The molecule has 2 heterocycles. The molecule has 1 amide bonds. The fourth-order valence-electron chi connectivity index (χ4n) is 2.27. The number of nitrogens with zero attached hydrogens (tertiary/aromatic N) is 2. The van der Waals surface area contributed by atoms with Crippen LogP contribution in [0.1, 0.15) is 34.7 Å². The minimum atomic E-state index is -0.204. The zero-order chi connectivity index (χ0) is 14.8. The second kappa shape index (κ2) is 5.36. The average Bonchev–Trinajstić information content (AvgIpc) is 2.91. The molecule has 0 radical (unpaired) electrons. The highest BCUT2D eigenvalue weighted by Crippen LogP contribution is 2.18. The molecule has 3 rings (SSSR count). The van der Waals surface area contributed by atoms with Crippen molar-refractivity contribution in [3.63, 3.8) is 0 Å². The van der Waals surface area contributed by atoms with E-state index in [9.17, 15) is 4.79 Å². The lowest BCUT2D eigenvalue weighted by atomic mass is 10.1. The van der Waals surface area contributed by atoms with E-state index in [-0.39, 0.29) is 11.9 Å². The van der Waals surface area contributed by atoms with E-state index in [4.69, 9.17) is 0 Å². The summed E-state index contributed by atoms with van der Waals surface area (Å²) in [6, 6.07) is 11.3. The van der Waals surface area contributed by atoms with Crippen LogP contribution >= 0.6 is 0 Å². The van der Waals surface area contributed by atoms with Crippen molar-refractivity contribution in [1.29, 1.82) is 0 Å². The minimum Gasteiger partial charge on any atom is -0.343 e. The lowest BCUT2D eigenvalue weighted by Gasteiger charge is -2.12. The van der Waals surface area contributed by atoms with Crippen LogP contribution in [0.25, 0.3) is 10.9 Å². The van der Waals surface area contributed by atoms with Crippen molar-refractivity contribution in [2.24, 2.45) is 0 Å². The Morgan fingerprint density at radius 2 is 2.14 bits per heavy atom. The molecular formula is C16H16N4O. The summed E-state index contributed by atoms with van der Waals surface area (Å²) >= 11 is 0. The third kappa shape index (κ3) is 2.63. The third-order valence-electron chi connectivity index (χ3n) is 3.41. The van der Waals surface area contributed by atoms with Gasteiger partial charge in [0.05, 0.1) is 17.3 Å². The number of amides is 1. The maximum absolute atomic E-state index is 12.4. The van der Waals surface area contributed by atoms with E-state index < -0.39 is 0 Å². The zero-order valence-electron chi connectivity index (χ0n) is 11.9. The number of aryl methyl sites for hydroxylation is 1. The van der Waals surface area contributed by atoms with E-state index in [0.717, 1.165) is 22.2 Å². The standard InChI is InChI=1S/C16H16N4O/c1-10-6-7-14-12(9-10)15(20-19-14)16(21)18-11(2)13-5-3-4-8-17-13/h3-9,11H,1-2H3,(H,18,21)(H,19,20)/t11-/m1/s1. The Balaban J connectivity index is 1.86. The molecule has 0 bridgehead atoms. The molecule has 0 unspecified atom stereocenters. The first kappa shape index (κ1) is 13.3. The minimum absolute atomic E-state index is 0.171. The first-order valence-corrected chi connectivity index (χ1v) is 6.81. The largest absolute Gasteiger partial charge is 0.343 e. The van der Waals surface area contributed by atoms with Crippen molar-refractivity contribution in [2.45, 2.75) is 19.9 Å². The first-order chi connectivity index (χ1) is 10.1. The predicted molar refractivity (Wildman–Crippen MR) is 80.9 cm³/mol. The molecule has 1 aromatic carbocycles. The van der Waals surface area contributed by atoms with E-state index in [1.807, 2.05) is 50.2 Å². The number of benzene rings is 1. The Morgan fingerprint density at radius 1 is 1.29 bits per heavy atom. The summed E-state index contributed by atoms with van der Waals surface area (Å²) in [6.07, 6.45) is 1.71. The van der Waals surface area contributed by atoms with Gasteiger partial charge in [0, 0.05) is 11.6 Å². The SMILES string of the molecule is Cc1ccc2[nH]nc(C(=O)N[C@H](C)c3ccccn3)c2c1. The molecule has 0 saturated carbocycles. The Hall–Kier alpha value is -2.69. The number of hydrogen-bond donors (Lipinski definition) is 2. The number of pyridine rings is 1. The maximum Gasteiger partial charge on any atom is 0.272 e. The molecule has 0 aliphatic rings. The number of fused-ring (bicyclic) bond motifs is 1. The summed E-state index contributed by atoms with van der Waals surface area (Å²) in [6.45, 7) is 3.89. The van der Waals surface area contributed by atoms with Gasteiger partial charge < -0.3 is 5.32 Å². The van der Waals surface area contributed by atoms with Gasteiger partial charge in [-0.15, -0.1) is 0 Å². The topological polar surface area (TPSA) is 70.7 Å². The van der Waals surface area contributed by atoms with Gasteiger partial charge in [-0.2, -0.15) is 5.10 Å². The summed E-state index contributed by atoms with van der Waals surface area (Å²) in [4.78, 5) is 16.6. The van der Waals surface area contributed by atoms with E-state index in [2.05, 4.69) is 20.5 Å². The van der Waals surface area contributed by atoms with E-state index >= 15 is 0 Å². The van der Waals surface area contributed by atoms with Crippen LogP contribution in [0, 0.1) is 6.92 Å². The molecule has 106 valence electrons. The van der Waals surface area contributed by atoms with Gasteiger partial charge >= 0.3 is 0 Å². The van der Waals surface area contributed by atoms with Crippen LogP contribution in [0.3, 0.4) is 0 Å². The number of rotatable bonds is 3. The first-order valence-electron chi connectivity index (χ1n) is 6.81. The molecule has 1 atom stereocenters. The number of nitrogens with one attached hydrogen (secondary N) is 2. The lowest BCUT2D eigenvalue weighted by Crippen LogP contribution is -2.27. The third-order valence-corrected chi connectivity index (χ3v) is 3.41. The van der Waals surface area contributed by atoms with Gasteiger partial charge in [0.2, 0.25) is 0 Å². The van der Waals surface area contributed by atoms with Crippen LogP contribution in [0.5, 0.6) is 0 Å². The Bertz CT molecular complexity index is 779. The smallest absolute Gasteiger partial charge is 0.272 e. The van der Waals surface area contributed by atoms with Crippen LogP contribution in [0.2, 0.25) is 0 Å². The number of carbonyl (C=O) groups is 1. The summed E-state index contributed by atoms with van der Waals surface area (Å²) in [5.41, 5.74) is 3.19. The van der Waals surface area contributed by atoms with Crippen LogP contribution in [0.15, 0.2) is 42.6 Å². The van der Waals surface area contributed by atoms with Crippen molar-refractivity contribution in [1.82, 2.24) is 20.5 Å². The lowest BCUT2D eigenvalue weighted by molar-refractivity contribution is 0.0935. The summed E-state index contributed by atoms with van der Waals surface area (Å²) in [7, 11) is 0. The Labute approximate surface area is 122 Å². The molecule has 21 heavy (non-hydrogen) atoms. The van der Waals surface area contributed by atoms with Crippen molar-refractivity contribution >= 4 is 16.8 Å². The molecular weight excluding hydrogens is 264 g/mol. The molecule has 0 spiro atoms. The summed E-state index contributed by atoms with van der Waals surface area (Å²) < 4.78 is 0. The Morgan fingerprint density at radius 3 is 2.90 bits per heavy atom.